The molecule has 0 atom stereocenters. The first-order chi connectivity index (χ1) is 10.1. The van der Waals surface area contributed by atoms with E-state index in [-0.39, 0.29) is 11.5 Å². The third kappa shape index (κ3) is 2.69. The van der Waals surface area contributed by atoms with Crippen LogP contribution in [0.1, 0.15) is 5.56 Å². The summed E-state index contributed by atoms with van der Waals surface area (Å²) in [6, 6.07) is 15.8. The van der Waals surface area contributed by atoms with Crippen molar-refractivity contribution in [3.05, 3.63) is 65.2 Å². The van der Waals surface area contributed by atoms with E-state index in [0.717, 1.165) is 10.8 Å². The molecule has 0 saturated carbocycles. The van der Waals surface area contributed by atoms with E-state index in [9.17, 15) is 10.2 Å². The second-order valence-electron chi connectivity index (χ2n) is 4.61. The van der Waals surface area contributed by atoms with Gasteiger partial charge in [0.2, 0.25) is 0 Å². The zero-order valence-corrected chi connectivity index (χ0v) is 11.7. The Kier molecular flexibility index (Phi) is 3.50. The molecular formula is C17H12ClNO2. The molecule has 0 unspecified atom stereocenters. The third-order valence-electron chi connectivity index (χ3n) is 3.22. The minimum Gasteiger partial charge on any atom is -0.507 e. The lowest BCUT2D eigenvalue weighted by atomic mass is 10.0. The van der Waals surface area contributed by atoms with E-state index in [1.54, 1.807) is 18.2 Å². The van der Waals surface area contributed by atoms with E-state index in [1.165, 1.54) is 12.3 Å². The molecule has 0 aromatic heterocycles. The van der Waals surface area contributed by atoms with Crippen molar-refractivity contribution in [1.82, 2.24) is 0 Å². The van der Waals surface area contributed by atoms with Crippen molar-refractivity contribution in [3.63, 3.8) is 0 Å². The summed E-state index contributed by atoms with van der Waals surface area (Å²) in [5.74, 6) is 0.175. The van der Waals surface area contributed by atoms with Crippen molar-refractivity contribution >= 4 is 34.3 Å². The van der Waals surface area contributed by atoms with E-state index in [1.807, 2.05) is 30.3 Å². The highest BCUT2D eigenvalue weighted by Gasteiger charge is 2.05. The first-order valence-electron chi connectivity index (χ1n) is 6.38. The van der Waals surface area contributed by atoms with Gasteiger partial charge >= 0.3 is 0 Å². The lowest BCUT2D eigenvalue weighted by Crippen LogP contribution is -1.86. The molecule has 104 valence electrons. The number of nitrogens with zero attached hydrogens (tertiary/aromatic N) is 1. The third-order valence-corrected chi connectivity index (χ3v) is 3.45. The molecule has 0 bridgehead atoms. The Bertz CT molecular complexity index is 843. The minimum atomic E-state index is 0.0374. The van der Waals surface area contributed by atoms with Crippen molar-refractivity contribution in [2.45, 2.75) is 0 Å². The molecule has 0 aliphatic heterocycles. The molecule has 0 spiro atoms. The maximum Gasteiger partial charge on any atom is 0.141 e. The molecule has 0 radical (unpaired) electrons. The molecule has 0 amide bonds. The fraction of sp³-hybridized carbons (Fsp3) is 0. The topological polar surface area (TPSA) is 52.8 Å². The van der Waals surface area contributed by atoms with Gasteiger partial charge in [-0.05, 0) is 35.0 Å². The van der Waals surface area contributed by atoms with Crippen LogP contribution in [0.2, 0.25) is 5.02 Å². The van der Waals surface area contributed by atoms with Crippen molar-refractivity contribution in [1.29, 1.82) is 0 Å². The molecule has 0 saturated heterocycles. The van der Waals surface area contributed by atoms with Crippen LogP contribution in [0.3, 0.4) is 0 Å². The number of rotatable bonds is 2. The number of fused-ring (bicyclic) bond motifs is 1. The number of aromatic hydroxyl groups is 2. The summed E-state index contributed by atoms with van der Waals surface area (Å²) in [7, 11) is 0. The normalized spacial score (nSPS) is 11.3. The Labute approximate surface area is 126 Å². The summed E-state index contributed by atoms with van der Waals surface area (Å²) in [6.07, 6.45) is 1.53. The second-order valence-corrected chi connectivity index (χ2v) is 5.05. The van der Waals surface area contributed by atoms with Gasteiger partial charge < -0.3 is 10.2 Å². The fourth-order valence-electron chi connectivity index (χ4n) is 2.15. The van der Waals surface area contributed by atoms with Crippen LogP contribution in [0.25, 0.3) is 10.8 Å². The number of phenolic OH excluding ortho intramolecular Hbond substituents is 2. The largest absolute Gasteiger partial charge is 0.507 e. The smallest absolute Gasteiger partial charge is 0.141 e. The quantitative estimate of drug-likeness (QED) is 0.676. The van der Waals surface area contributed by atoms with E-state index < -0.39 is 0 Å². The van der Waals surface area contributed by atoms with Gasteiger partial charge in [-0.15, -0.1) is 0 Å². The summed E-state index contributed by atoms with van der Waals surface area (Å²) < 4.78 is 0. The van der Waals surface area contributed by atoms with Gasteiger partial charge in [-0.1, -0.05) is 41.9 Å². The minimum absolute atomic E-state index is 0.0374. The fourth-order valence-corrected chi connectivity index (χ4v) is 2.32. The molecule has 4 heteroatoms. The van der Waals surface area contributed by atoms with Gasteiger partial charge in [0.05, 0.1) is 0 Å². The van der Waals surface area contributed by atoms with Gasteiger partial charge in [-0.3, -0.25) is 4.99 Å². The van der Waals surface area contributed by atoms with Gasteiger partial charge in [0.15, 0.2) is 0 Å². The number of halogens is 1. The predicted molar refractivity (Wildman–Crippen MR) is 86.0 cm³/mol. The van der Waals surface area contributed by atoms with Crippen molar-refractivity contribution in [2.24, 2.45) is 4.99 Å². The lowest BCUT2D eigenvalue weighted by molar-refractivity contribution is 0.474. The average Bonchev–Trinajstić information content (AvgIpc) is 2.49. The molecule has 21 heavy (non-hydrogen) atoms. The number of benzene rings is 3. The molecular weight excluding hydrogens is 286 g/mol. The Morgan fingerprint density at radius 1 is 0.905 bits per heavy atom. The summed E-state index contributed by atoms with van der Waals surface area (Å²) >= 11 is 5.89. The van der Waals surface area contributed by atoms with Crippen molar-refractivity contribution < 1.29 is 10.2 Å². The van der Waals surface area contributed by atoms with Crippen LogP contribution in [-0.4, -0.2) is 16.4 Å². The van der Waals surface area contributed by atoms with Gasteiger partial charge in [0, 0.05) is 16.8 Å². The summed E-state index contributed by atoms with van der Waals surface area (Å²) in [5.41, 5.74) is 0.960. The van der Waals surface area contributed by atoms with Crippen LogP contribution in [0.15, 0.2) is 59.6 Å². The van der Waals surface area contributed by atoms with Crippen LogP contribution in [0.5, 0.6) is 11.5 Å². The number of hydrogen-bond acceptors (Lipinski definition) is 3. The molecule has 0 aliphatic rings. The zero-order chi connectivity index (χ0) is 14.8. The van der Waals surface area contributed by atoms with E-state index >= 15 is 0 Å². The van der Waals surface area contributed by atoms with Crippen LogP contribution < -0.4 is 0 Å². The highest BCUT2D eigenvalue weighted by molar-refractivity contribution is 6.30. The highest BCUT2D eigenvalue weighted by Crippen LogP contribution is 2.31. The summed E-state index contributed by atoms with van der Waals surface area (Å²) in [6.45, 7) is 0. The van der Waals surface area contributed by atoms with E-state index in [4.69, 9.17) is 11.6 Å². The van der Waals surface area contributed by atoms with E-state index in [2.05, 4.69) is 4.99 Å². The molecule has 2 N–H and O–H groups in total. The molecule has 0 fully saturated rings. The number of hydrogen-bond donors (Lipinski definition) is 2. The van der Waals surface area contributed by atoms with Crippen molar-refractivity contribution in [2.75, 3.05) is 0 Å². The highest BCUT2D eigenvalue weighted by atomic mass is 35.5. The van der Waals surface area contributed by atoms with Gasteiger partial charge in [0.25, 0.3) is 0 Å². The first kappa shape index (κ1) is 13.5. The van der Waals surface area contributed by atoms with Crippen LogP contribution >= 0.6 is 11.6 Å². The molecule has 3 aromatic carbocycles. The maximum atomic E-state index is 10.0. The Morgan fingerprint density at radius 3 is 2.52 bits per heavy atom. The van der Waals surface area contributed by atoms with Crippen molar-refractivity contribution in [3.8, 4) is 11.5 Å². The van der Waals surface area contributed by atoms with Gasteiger partial charge in [-0.25, -0.2) is 0 Å². The molecule has 3 rings (SSSR count). The SMILES string of the molecule is Oc1ccc(Cl)cc1/N=C/c1c(O)ccc2ccccc12. The predicted octanol–water partition coefficient (Wildman–Crippen LogP) is 4.66. The Hall–Kier alpha value is -2.52. The molecule has 0 heterocycles. The monoisotopic (exact) mass is 297 g/mol. The van der Waals surface area contributed by atoms with Crippen LogP contribution in [0, 0.1) is 0 Å². The zero-order valence-electron chi connectivity index (χ0n) is 11.0. The number of aliphatic imine (C=N–C) groups is 1. The average molecular weight is 298 g/mol. The summed E-state index contributed by atoms with van der Waals surface area (Å²) in [4.78, 5) is 4.23. The second kappa shape index (κ2) is 5.46. The van der Waals surface area contributed by atoms with Gasteiger partial charge in [0.1, 0.15) is 17.2 Å². The van der Waals surface area contributed by atoms with Crippen LogP contribution in [0.4, 0.5) is 5.69 Å². The van der Waals surface area contributed by atoms with E-state index in [0.29, 0.717) is 16.3 Å². The Balaban J connectivity index is 2.11. The van der Waals surface area contributed by atoms with Gasteiger partial charge in [-0.2, -0.15) is 0 Å². The molecule has 3 nitrogen and oxygen atoms in total. The number of phenols is 2. The maximum absolute atomic E-state index is 10.0. The standard InChI is InChI=1S/C17H12ClNO2/c18-12-6-8-17(21)15(9-12)19-10-14-13-4-2-1-3-11(13)5-7-16(14)20/h1-10,20-21H/b19-10+. The summed E-state index contributed by atoms with van der Waals surface area (Å²) in [5, 5.41) is 22.2. The first-order valence-corrected chi connectivity index (χ1v) is 6.76. The Morgan fingerprint density at radius 2 is 1.67 bits per heavy atom. The van der Waals surface area contributed by atoms with Crippen LogP contribution in [-0.2, 0) is 0 Å². The molecule has 0 aliphatic carbocycles. The molecule has 3 aromatic rings. The lowest BCUT2D eigenvalue weighted by Gasteiger charge is -2.05.